The van der Waals surface area contributed by atoms with E-state index in [4.69, 9.17) is 9.84 Å². The Labute approximate surface area is 112 Å². The van der Waals surface area contributed by atoms with E-state index in [1.807, 2.05) is 0 Å². The van der Waals surface area contributed by atoms with Crippen LogP contribution in [0.25, 0.3) is 0 Å². The first kappa shape index (κ1) is 16.9. The van der Waals surface area contributed by atoms with Gasteiger partial charge in [0.25, 0.3) is 0 Å². The van der Waals surface area contributed by atoms with Crippen molar-refractivity contribution in [1.29, 1.82) is 0 Å². The minimum absolute atomic E-state index is 0.149. The highest BCUT2D eigenvalue weighted by Crippen LogP contribution is 1.94. The number of hydrogen-bond donors (Lipinski definition) is 2. The highest BCUT2D eigenvalue weighted by atomic mass is 16.5. The summed E-state index contributed by atoms with van der Waals surface area (Å²) in [6.07, 6.45) is 2.11. The summed E-state index contributed by atoms with van der Waals surface area (Å²) < 4.78 is 4.73. The van der Waals surface area contributed by atoms with Gasteiger partial charge >= 0.3 is 18.0 Å². The van der Waals surface area contributed by atoms with Crippen LogP contribution in [-0.4, -0.2) is 54.2 Å². The van der Waals surface area contributed by atoms with Gasteiger partial charge in [0.2, 0.25) is 0 Å². The summed E-state index contributed by atoms with van der Waals surface area (Å²) in [6.45, 7) is 5.54. The normalized spacial score (nSPS) is 9.53. The first-order valence-corrected chi connectivity index (χ1v) is 6.02. The lowest BCUT2D eigenvalue weighted by molar-refractivity contribution is -0.143. The molecule has 0 aromatic heterocycles. The summed E-state index contributed by atoms with van der Waals surface area (Å²) in [4.78, 5) is 34.3. The lowest BCUT2D eigenvalue weighted by atomic mass is 10.3. The third-order valence-electron chi connectivity index (χ3n) is 2.10. The van der Waals surface area contributed by atoms with Crippen LogP contribution in [0, 0.1) is 0 Å². The molecule has 0 unspecified atom stereocenters. The topological polar surface area (TPSA) is 95.9 Å². The van der Waals surface area contributed by atoms with E-state index >= 15 is 0 Å². The number of amides is 2. The zero-order chi connectivity index (χ0) is 14.7. The maximum absolute atomic E-state index is 11.6. The molecule has 2 amide bonds. The molecule has 0 radical (unpaired) electrons. The minimum Gasteiger partial charge on any atom is -0.480 e. The third kappa shape index (κ3) is 8.64. The van der Waals surface area contributed by atoms with Crippen LogP contribution in [0.15, 0.2) is 12.7 Å². The fraction of sp³-hybridized carbons (Fsp3) is 0.583. The largest absolute Gasteiger partial charge is 0.480 e. The quantitative estimate of drug-likeness (QED) is 0.364. The van der Waals surface area contributed by atoms with Crippen LogP contribution in [0.2, 0.25) is 0 Å². The van der Waals surface area contributed by atoms with Crippen LogP contribution in [0.4, 0.5) is 4.79 Å². The lowest BCUT2D eigenvalue weighted by Crippen LogP contribution is -2.43. The van der Waals surface area contributed by atoms with Gasteiger partial charge in [0.05, 0.1) is 6.61 Å². The molecule has 0 heterocycles. The van der Waals surface area contributed by atoms with Crippen LogP contribution >= 0.6 is 0 Å². The van der Waals surface area contributed by atoms with Crippen molar-refractivity contribution in [2.24, 2.45) is 0 Å². The summed E-state index contributed by atoms with van der Waals surface area (Å²) in [6, 6.07) is -0.494. The SMILES string of the molecule is C=CCN(CC(=O)O)C(=O)NCCCC(=O)OCC. The van der Waals surface area contributed by atoms with Crippen molar-refractivity contribution in [3.8, 4) is 0 Å². The minimum atomic E-state index is -1.09. The molecule has 0 aliphatic carbocycles. The van der Waals surface area contributed by atoms with Crippen LogP contribution in [0.3, 0.4) is 0 Å². The van der Waals surface area contributed by atoms with Gasteiger partial charge < -0.3 is 20.1 Å². The number of nitrogens with one attached hydrogen (secondary N) is 1. The van der Waals surface area contributed by atoms with E-state index in [9.17, 15) is 14.4 Å². The highest BCUT2D eigenvalue weighted by molar-refractivity contribution is 5.80. The lowest BCUT2D eigenvalue weighted by Gasteiger charge is -2.19. The molecule has 0 bridgehead atoms. The molecule has 0 spiro atoms. The summed E-state index contributed by atoms with van der Waals surface area (Å²) in [7, 11) is 0. The van der Waals surface area contributed by atoms with E-state index in [0.29, 0.717) is 13.0 Å². The van der Waals surface area contributed by atoms with E-state index in [1.165, 1.54) is 6.08 Å². The predicted octanol–water partition coefficient (Wildman–Crippen LogP) is 0.612. The molecule has 0 saturated heterocycles. The monoisotopic (exact) mass is 272 g/mol. The number of carboxylic acid groups (broad SMARTS) is 1. The van der Waals surface area contributed by atoms with Gasteiger partial charge in [0, 0.05) is 19.5 Å². The van der Waals surface area contributed by atoms with Crippen LogP contribution in [0.5, 0.6) is 0 Å². The summed E-state index contributed by atoms with van der Waals surface area (Å²) in [5.74, 6) is -1.41. The van der Waals surface area contributed by atoms with Gasteiger partial charge in [-0.1, -0.05) is 6.08 Å². The molecule has 7 heteroatoms. The molecule has 0 aromatic rings. The number of nitrogens with zero attached hydrogens (tertiary/aromatic N) is 1. The number of carboxylic acids is 1. The van der Waals surface area contributed by atoms with Gasteiger partial charge in [-0.2, -0.15) is 0 Å². The number of ether oxygens (including phenoxy) is 1. The molecular formula is C12H20N2O5. The molecule has 0 aromatic carbocycles. The second-order valence-electron chi connectivity index (χ2n) is 3.70. The smallest absolute Gasteiger partial charge is 0.323 e. The van der Waals surface area contributed by atoms with Gasteiger partial charge in [-0.05, 0) is 13.3 Å². The molecule has 19 heavy (non-hydrogen) atoms. The second kappa shape index (κ2) is 9.93. The van der Waals surface area contributed by atoms with Crippen LogP contribution in [-0.2, 0) is 14.3 Å². The number of urea groups is 1. The molecule has 108 valence electrons. The number of carbonyl (C=O) groups is 3. The van der Waals surface area contributed by atoms with Gasteiger partial charge in [-0.3, -0.25) is 9.59 Å². The Morgan fingerprint density at radius 2 is 2.11 bits per heavy atom. The Bertz CT molecular complexity index is 330. The Balaban J connectivity index is 3.95. The van der Waals surface area contributed by atoms with Crippen LogP contribution in [0.1, 0.15) is 19.8 Å². The van der Waals surface area contributed by atoms with E-state index in [0.717, 1.165) is 4.90 Å². The zero-order valence-corrected chi connectivity index (χ0v) is 11.1. The van der Waals surface area contributed by atoms with Crippen molar-refractivity contribution in [1.82, 2.24) is 10.2 Å². The molecule has 0 aliphatic heterocycles. The number of carbonyl (C=O) groups excluding carboxylic acids is 2. The van der Waals surface area contributed by atoms with E-state index in [2.05, 4.69) is 11.9 Å². The maximum atomic E-state index is 11.6. The summed E-state index contributed by atoms with van der Waals surface area (Å²) >= 11 is 0. The molecule has 0 atom stereocenters. The average Bonchev–Trinajstić information content (AvgIpc) is 2.33. The first-order valence-electron chi connectivity index (χ1n) is 6.02. The van der Waals surface area contributed by atoms with Crippen molar-refractivity contribution >= 4 is 18.0 Å². The molecule has 0 fully saturated rings. The number of hydrogen-bond acceptors (Lipinski definition) is 4. The fourth-order valence-electron chi connectivity index (χ4n) is 1.31. The van der Waals surface area contributed by atoms with Gasteiger partial charge in [0.15, 0.2) is 0 Å². The van der Waals surface area contributed by atoms with E-state index in [-0.39, 0.29) is 25.5 Å². The predicted molar refractivity (Wildman–Crippen MR) is 68.7 cm³/mol. The first-order chi connectivity index (χ1) is 9.01. The Kier molecular flexibility index (Phi) is 8.86. The Morgan fingerprint density at radius 1 is 1.42 bits per heavy atom. The van der Waals surface area contributed by atoms with E-state index < -0.39 is 18.5 Å². The number of esters is 1. The summed E-state index contributed by atoms with van der Waals surface area (Å²) in [5.41, 5.74) is 0. The van der Waals surface area contributed by atoms with Gasteiger partial charge in [-0.25, -0.2) is 4.79 Å². The summed E-state index contributed by atoms with van der Waals surface area (Å²) in [5, 5.41) is 11.2. The highest BCUT2D eigenvalue weighted by Gasteiger charge is 2.14. The molecular weight excluding hydrogens is 252 g/mol. The standard InChI is InChI=1S/C12H20N2O5/c1-3-8-14(9-10(15)16)12(18)13-7-5-6-11(17)19-4-2/h3H,1,4-9H2,2H3,(H,13,18)(H,15,16). The van der Waals surface area contributed by atoms with Gasteiger partial charge in [-0.15, -0.1) is 6.58 Å². The van der Waals surface area contributed by atoms with Crippen LogP contribution < -0.4 is 5.32 Å². The average molecular weight is 272 g/mol. The molecule has 0 saturated carbocycles. The van der Waals surface area contributed by atoms with Crippen molar-refractivity contribution in [2.75, 3.05) is 26.2 Å². The number of rotatable bonds is 9. The van der Waals surface area contributed by atoms with Crippen molar-refractivity contribution in [2.45, 2.75) is 19.8 Å². The van der Waals surface area contributed by atoms with Crippen molar-refractivity contribution in [3.05, 3.63) is 12.7 Å². The Morgan fingerprint density at radius 3 is 2.63 bits per heavy atom. The third-order valence-corrected chi connectivity index (χ3v) is 2.10. The van der Waals surface area contributed by atoms with Crippen molar-refractivity contribution < 1.29 is 24.2 Å². The molecule has 0 rings (SSSR count). The second-order valence-corrected chi connectivity index (χ2v) is 3.70. The molecule has 7 nitrogen and oxygen atoms in total. The zero-order valence-electron chi connectivity index (χ0n) is 11.1. The molecule has 2 N–H and O–H groups in total. The number of aliphatic carboxylic acids is 1. The maximum Gasteiger partial charge on any atom is 0.323 e. The fourth-order valence-corrected chi connectivity index (χ4v) is 1.31. The van der Waals surface area contributed by atoms with Gasteiger partial charge in [0.1, 0.15) is 6.54 Å². The molecule has 0 aliphatic rings. The Hall–Kier alpha value is -2.05. The van der Waals surface area contributed by atoms with Crippen molar-refractivity contribution in [3.63, 3.8) is 0 Å². The van der Waals surface area contributed by atoms with E-state index in [1.54, 1.807) is 6.92 Å².